The number of hydrogen-bond acceptors (Lipinski definition) is 3. The standard InChI is InChI=1S/C11H15ClN2O3S/c1-2-18(16,17)14-10-5-3-9(4-6-10)13-11(15)7-8-12/h3-6,14H,2,7-8H2,1H3,(H,13,15). The second-order valence-corrected chi connectivity index (χ2v) is 5.96. The number of sulfonamides is 1. The first-order valence-electron chi connectivity index (χ1n) is 5.43. The summed E-state index contributed by atoms with van der Waals surface area (Å²) in [5.41, 5.74) is 1.07. The molecule has 0 unspecified atom stereocenters. The number of rotatable bonds is 6. The number of nitrogens with one attached hydrogen (secondary N) is 2. The maximum absolute atomic E-state index is 11.3. The number of amides is 1. The minimum atomic E-state index is -3.27. The van der Waals surface area contributed by atoms with Crippen molar-refractivity contribution in [3.63, 3.8) is 0 Å². The number of carbonyl (C=O) groups is 1. The van der Waals surface area contributed by atoms with Crippen LogP contribution < -0.4 is 10.0 Å². The van der Waals surface area contributed by atoms with E-state index in [9.17, 15) is 13.2 Å². The Kier molecular flexibility index (Phi) is 5.43. The van der Waals surface area contributed by atoms with Gasteiger partial charge in [0.1, 0.15) is 0 Å². The van der Waals surface area contributed by atoms with E-state index in [2.05, 4.69) is 10.0 Å². The van der Waals surface area contributed by atoms with Gasteiger partial charge in [-0.15, -0.1) is 11.6 Å². The van der Waals surface area contributed by atoms with Crippen LogP contribution in [0.1, 0.15) is 13.3 Å². The Labute approximate surface area is 112 Å². The highest BCUT2D eigenvalue weighted by Gasteiger charge is 2.06. The molecule has 0 aromatic heterocycles. The van der Waals surface area contributed by atoms with Gasteiger partial charge in [-0.1, -0.05) is 0 Å². The van der Waals surface area contributed by atoms with E-state index in [0.29, 0.717) is 11.4 Å². The van der Waals surface area contributed by atoms with E-state index in [4.69, 9.17) is 11.6 Å². The van der Waals surface area contributed by atoms with Crippen LogP contribution in [0.3, 0.4) is 0 Å². The number of carbonyl (C=O) groups excluding carboxylic acids is 1. The van der Waals surface area contributed by atoms with Gasteiger partial charge in [0.05, 0.1) is 5.75 Å². The number of anilines is 2. The van der Waals surface area contributed by atoms with E-state index in [-0.39, 0.29) is 24.0 Å². The van der Waals surface area contributed by atoms with Crippen LogP contribution in [-0.4, -0.2) is 26.0 Å². The van der Waals surface area contributed by atoms with Gasteiger partial charge in [0, 0.05) is 23.7 Å². The van der Waals surface area contributed by atoms with E-state index < -0.39 is 10.0 Å². The molecule has 0 fully saturated rings. The summed E-state index contributed by atoms with van der Waals surface area (Å²) in [4.78, 5) is 11.3. The fraction of sp³-hybridized carbons (Fsp3) is 0.364. The predicted molar refractivity (Wildman–Crippen MR) is 73.5 cm³/mol. The lowest BCUT2D eigenvalue weighted by molar-refractivity contribution is -0.115. The van der Waals surface area contributed by atoms with Crippen LogP contribution >= 0.6 is 11.6 Å². The van der Waals surface area contributed by atoms with E-state index in [1.165, 1.54) is 0 Å². The topological polar surface area (TPSA) is 75.3 Å². The first kappa shape index (κ1) is 14.8. The summed E-state index contributed by atoms with van der Waals surface area (Å²) in [6, 6.07) is 6.42. The molecular formula is C11H15ClN2O3S. The van der Waals surface area contributed by atoms with E-state index in [0.717, 1.165) is 0 Å². The SMILES string of the molecule is CCS(=O)(=O)Nc1ccc(NC(=O)CCCl)cc1. The Morgan fingerprint density at radius 3 is 2.28 bits per heavy atom. The highest BCUT2D eigenvalue weighted by atomic mass is 35.5. The molecule has 0 aliphatic rings. The summed E-state index contributed by atoms with van der Waals surface area (Å²) in [6.07, 6.45) is 0.242. The maximum atomic E-state index is 11.3. The molecule has 0 atom stereocenters. The highest BCUT2D eigenvalue weighted by molar-refractivity contribution is 7.92. The van der Waals surface area contributed by atoms with Gasteiger partial charge >= 0.3 is 0 Å². The van der Waals surface area contributed by atoms with Crippen LogP contribution in [-0.2, 0) is 14.8 Å². The van der Waals surface area contributed by atoms with Crippen molar-refractivity contribution in [1.29, 1.82) is 0 Å². The molecule has 1 aromatic carbocycles. The Balaban J connectivity index is 2.66. The van der Waals surface area contributed by atoms with E-state index in [1.54, 1.807) is 31.2 Å². The molecule has 7 heteroatoms. The minimum Gasteiger partial charge on any atom is -0.326 e. The minimum absolute atomic E-state index is 0.0151. The number of halogens is 1. The molecule has 0 saturated heterocycles. The lowest BCUT2D eigenvalue weighted by Crippen LogP contribution is -2.15. The Bertz CT molecular complexity index is 500. The molecule has 18 heavy (non-hydrogen) atoms. The molecule has 0 bridgehead atoms. The summed E-state index contributed by atoms with van der Waals surface area (Å²) in [5.74, 6) is 0.105. The zero-order chi connectivity index (χ0) is 13.6. The molecule has 0 aliphatic heterocycles. The maximum Gasteiger partial charge on any atom is 0.232 e. The molecule has 0 aliphatic carbocycles. The Hall–Kier alpha value is -1.27. The zero-order valence-electron chi connectivity index (χ0n) is 9.94. The van der Waals surface area contributed by atoms with Crippen molar-refractivity contribution in [3.8, 4) is 0 Å². The lowest BCUT2D eigenvalue weighted by Gasteiger charge is -2.07. The van der Waals surface area contributed by atoms with Crippen molar-refractivity contribution in [2.45, 2.75) is 13.3 Å². The van der Waals surface area contributed by atoms with Gasteiger partial charge in [-0.25, -0.2) is 8.42 Å². The summed E-state index contributed by atoms with van der Waals surface area (Å²) in [7, 11) is -3.27. The van der Waals surface area contributed by atoms with Crippen molar-refractivity contribution >= 4 is 38.9 Å². The third-order valence-corrected chi connectivity index (χ3v) is 3.64. The quantitative estimate of drug-likeness (QED) is 0.787. The average molecular weight is 291 g/mol. The Morgan fingerprint density at radius 1 is 1.22 bits per heavy atom. The Morgan fingerprint density at radius 2 is 1.78 bits per heavy atom. The summed E-state index contributed by atoms with van der Waals surface area (Å²) >= 11 is 5.44. The molecule has 0 saturated carbocycles. The molecule has 100 valence electrons. The van der Waals surface area contributed by atoms with Crippen LogP contribution in [0.25, 0.3) is 0 Å². The molecule has 5 nitrogen and oxygen atoms in total. The average Bonchev–Trinajstić information content (AvgIpc) is 2.32. The van der Waals surface area contributed by atoms with Gasteiger partial charge in [0.25, 0.3) is 0 Å². The number of benzene rings is 1. The van der Waals surface area contributed by atoms with E-state index >= 15 is 0 Å². The van der Waals surface area contributed by atoms with Gasteiger partial charge in [-0.05, 0) is 31.2 Å². The lowest BCUT2D eigenvalue weighted by atomic mass is 10.3. The summed E-state index contributed by atoms with van der Waals surface area (Å²) in [6.45, 7) is 1.56. The monoisotopic (exact) mass is 290 g/mol. The van der Waals surface area contributed by atoms with Crippen LogP contribution in [0.2, 0.25) is 0 Å². The largest absolute Gasteiger partial charge is 0.326 e. The summed E-state index contributed by atoms with van der Waals surface area (Å²) in [5, 5.41) is 2.65. The van der Waals surface area contributed by atoms with Crippen LogP contribution in [0, 0.1) is 0 Å². The van der Waals surface area contributed by atoms with Gasteiger partial charge in [-0.2, -0.15) is 0 Å². The molecule has 1 rings (SSSR count). The molecule has 0 spiro atoms. The van der Waals surface area contributed by atoms with Crippen LogP contribution in [0.15, 0.2) is 24.3 Å². The molecule has 0 heterocycles. The normalized spacial score (nSPS) is 11.0. The van der Waals surface area contributed by atoms with Gasteiger partial charge in [0.15, 0.2) is 0 Å². The van der Waals surface area contributed by atoms with Crippen molar-refractivity contribution in [2.75, 3.05) is 21.7 Å². The molecular weight excluding hydrogens is 276 g/mol. The first-order chi connectivity index (χ1) is 8.46. The second kappa shape index (κ2) is 6.61. The van der Waals surface area contributed by atoms with Crippen molar-refractivity contribution in [2.24, 2.45) is 0 Å². The highest BCUT2D eigenvalue weighted by Crippen LogP contribution is 2.15. The van der Waals surface area contributed by atoms with Gasteiger partial charge in [-0.3, -0.25) is 9.52 Å². The van der Waals surface area contributed by atoms with Gasteiger partial charge in [0.2, 0.25) is 15.9 Å². The third-order valence-electron chi connectivity index (χ3n) is 2.14. The van der Waals surface area contributed by atoms with Gasteiger partial charge < -0.3 is 5.32 Å². The summed E-state index contributed by atoms with van der Waals surface area (Å²) < 4.78 is 25.1. The number of hydrogen-bond donors (Lipinski definition) is 2. The zero-order valence-corrected chi connectivity index (χ0v) is 11.5. The van der Waals surface area contributed by atoms with Crippen molar-refractivity contribution in [3.05, 3.63) is 24.3 Å². The van der Waals surface area contributed by atoms with Crippen molar-refractivity contribution < 1.29 is 13.2 Å². The molecule has 2 N–H and O–H groups in total. The third kappa shape index (κ3) is 4.93. The van der Waals surface area contributed by atoms with Crippen molar-refractivity contribution in [1.82, 2.24) is 0 Å². The van der Waals surface area contributed by atoms with Crippen LogP contribution in [0.4, 0.5) is 11.4 Å². The van der Waals surface area contributed by atoms with Crippen LogP contribution in [0.5, 0.6) is 0 Å². The van der Waals surface area contributed by atoms with E-state index in [1.807, 2.05) is 0 Å². The molecule has 0 radical (unpaired) electrons. The molecule has 1 aromatic rings. The molecule has 1 amide bonds. The fourth-order valence-corrected chi connectivity index (χ4v) is 1.99. The fourth-order valence-electron chi connectivity index (χ4n) is 1.18. The smallest absolute Gasteiger partial charge is 0.232 e. The first-order valence-corrected chi connectivity index (χ1v) is 7.62. The number of alkyl halides is 1. The second-order valence-electron chi connectivity index (χ2n) is 3.57. The predicted octanol–water partition coefficient (Wildman–Crippen LogP) is 2.02.